The Morgan fingerprint density at radius 2 is 2.06 bits per heavy atom. The maximum Gasteiger partial charge on any atom is 0.270 e. The molecule has 0 atom stereocenters. The number of hydrogen-bond acceptors (Lipinski definition) is 4. The van der Waals surface area contributed by atoms with E-state index in [9.17, 15) is 9.59 Å². The number of imidazole rings is 1. The minimum absolute atomic E-state index is 0.204. The number of rotatable bonds is 1. The zero-order chi connectivity index (χ0) is 12.0. The van der Waals surface area contributed by atoms with E-state index in [1.165, 1.54) is 6.20 Å². The van der Waals surface area contributed by atoms with Crippen LogP contribution in [0.15, 0.2) is 30.6 Å². The minimum Gasteiger partial charge on any atom is -0.398 e. The Kier molecular flexibility index (Phi) is 1.79. The standard InChI is InChI=1S/C11H8N4O2/c12-7-3-1-2-6-8(7)10(17)15(9(6)16)11-13-4-5-14-11/h1-5H,12H2,(H,13,14). The third-order valence-electron chi connectivity index (χ3n) is 2.64. The number of fused-ring (bicyclic) bond motifs is 1. The van der Waals surface area contributed by atoms with Crippen molar-refractivity contribution in [1.82, 2.24) is 9.97 Å². The van der Waals surface area contributed by atoms with Crippen LogP contribution in [-0.4, -0.2) is 21.8 Å². The molecule has 1 aliphatic rings. The van der Waals surface area contributed by atoms with Crippen LogP contribution in [0.25, 0.3) is 0 Å². The molecule has 0 unspecified atom stereocenters. The van der Waals surface area contributed by atoms with E-state index in [-0.39, 0.29) is 11.5 Å². The Morgan fingerprint density at radius 3 is 2.71 bits per heavy atom. The van der Waals surface area contributed by atoms with Crippen LogP contribution >= 0.6 is 0 Å². The molecule has 2 aromatic rings. The molecular formula is C11H8N4O2. The van der Waals surface area contributed by atoms with Gasteiger partial charge in [0.05, 0.1) is 11.1 Å². The molecule has 1 aromatic carbocycles. The number of benzene rings is 1. The summed E-state index contributed by atoms with van der Waals surface area (Å²) >= 11 is 0. The van der Waals surface area contributed by atoms with Gasteiger partial charge in [0.25, 0.3) is 11.8 Å². The Morgan fingerprint density at radius 1 is 1.24 bits per heavy atom. The summed E-state index contributed by atoms with van der Waals surface area (Å²) in [5, 5.41) is 0. The molecule has 0 saturated heterocycles. The highest BCUT2D eigenvalue weighted by Gasteiger charge is 2.39. The van der Waals surface area contributed by atoms with Gasteiger partial charge in [-0.3, -0.25) is 9.59 Å². The second-order valence-corrected chi connectivity index (χ2v) is 3.63. The van der Waals surface area contributed by atoms with Gasteiger partial charge in [-0.05, 0) is 12.1 Å². The van der Waals surface area contributed by atoms with Crippen LogP contribution in [0.1, 0.15) is 20.7 Å². The molecular weight excluding hydrogens is 220 g/mol. The van der Waals surface area contributed by atoms with Crippen LogP contribution in [0.2, 0.25) is 0 Å². The highest BCUT2D eigenvalue weighted by Crippen LogP contribution is 2.29. The summed E-state index contributed by atoms with van der Waals surface area (Å²) in [5.41, 5.74) is 6.57. The van der Waals surface area contributed by atoms with Gasteiger partial charge in [-0.15, -0.1) is 0 Å². The lowest BCUT2D eigenvalue weighted by Gasteiger charge is -2.08. The predicted molar refractivity (Wildman–Crippen MR) is 60.6 cm³/mol. The molecule has 0 fully saturated rings. The van der Waals surface area contributed by atoms with Gasteiger partial charge in [-0.25, -0.2) is 9.88 Å². The fourth-order valence-electron chi connectivity index (χ4n) is 1.88. The van der Waals surface area contributed by atoms with Gasteiger partial charge in [0.2, 0.25) is 5.95 Å². The molecule has 6 nitrogen and oxygen atoms in total. The topological polar surface area (TPSA) is 92.1 Å². The van der Waals surface area contributed by atoms with E-state index in [2.05, 4.69) is 9.97 Å². The molecule has 17 heavy (non-hydrogen) atoms. The largest absolute Gasteiger partial charge is 0.398 e. The number of imide groups is 1. The van der Waals surface area contributed by atoms with Crippen LogP contribution in [0, 0.1) is 0 Å². The Bertz CT molecular complexity index is 618. The lowest BCUT2D eigenvalue weighted by atomic mass is 10.1. The van der Waals surface area contributed by atoms with Crippen molar-refractivity contribution in [1.29, 1.82) is 0 Å². The maximum atomic E-state index is 12.1. The van der Waals surface area contributed by atoms with Crippen molar-refractivity contribution in [3.05, 3.63) is 41.7 Å². The molecule has 3 rings (SSSR count). The Hall–Kier alpha value is -2.63. The molecule has 1 aromatic heterocycles. The van der Waals surface area contributed by atoms with Crippen LogP contribution in [0.3, 0.4) is 0 Å². The lowest BCUT2D eigenvalue weighted by molar-refractivity contribution is 0.0924. The van der Waals surface area contributed by atoms with Crippen molar-refractivity contribution in [2.75, 3.05) is 10.6 Å². The third kappa shape index (κ3) is 1.17. The Labute approximate surface area is 96.1 Å². The number of anilines is 2. The molecule has 1 aliphatic heterocycles. The normalized spacial score (nSPS) is 14.2. The number of aromatic nitrogens is 2. The molecule has 0 aliphatic carbocycles. The van der Waals surface area contributed by atoms with E-state index in [4.69, 9.17) is 5.73 Å². The zero-order valence-corrected chi connectivity index (χ0v) is 8.68. The lowest BCUT2D eigenvalue weighted by Crippen LogP contribution is -2.30. The van der Waals surface area contributed by atoms with Crippen molar-refractivity contribution in [2.45, 2.75) is 0 Å². The molecule has 0 spiro atoms. The van der Waals surface area contributed by atoms with Gasteiger partial charge in [-0.2, -0.15) is 0 Å². The summed E-state index contributed by atoms with van der Waals surface area (Å²) in [7, 11) is 0. The molecule has 0 saturated carbocycles. The molecule has 84 valence electrons. The van der Waals surface area contributed by atoms with Gasteiger partial charge in [0.15, 0.2) is 0 Å². The first kappa shape index (κ1) is 9.59. The average Bonchev–Trinajstić information content (AvgIpc) is 2.88. The number of amides is 2. The summed E-state index contributed by atoms with van der Waals surface area (Å²) in [5.74, 6) is -0.652. The first-order valence-electron chi connectivity index (χ1n) is 4.97. The van der Waals surface area contributed by atoms with E-state index >= 15 is 0 Å². The highest BCUT2D eigenvalue weighted by molar-refractivity contribution is 6.35. The molecule has 6 heteroatoms. The SMILES string of the molecule is Nc1cccc2c1C(=O)N(c1ncc[nH]1)C2=O. The number of nitrogens with two attached hydrogens (primary N) is 1. The molecule has 2 amide bonds. The van der Waals surface area contributed by atoms with E-state index in [0.717, 1.165) is 4.90 Å². The fourth-order valence-corrected chi connectivity index (χ4v) is 1.88. The molecule has 0 bridgehead atoms. The highest BCUT2D eigenvalue weighted by atomic mass is 16.2. The van der Waals surface area contributed by atoms with Crippen molar-refractivity contribution in [3.63, 3.8) is 0 Å². The number of nitrogens with one attached hydrogen (secondary N) is 1. The number of aromatic amines is 1. The van der Waals surface area contributed by atoms with Crippen LogP contribution in [-0.2, 0) is 0 Å². The first-order valence-corrected chi connectivity index (χ1v) is 4.97. The molecule has 3 N–H and O–H groups in total. The van der Waals surface area contributed by atoms with Gasteiger partial charge >= 0.3 is 0 Å². The summed E-state index contributed by atoms with van der Waals surface area (Å²) < 4.78 is 0. The fraction of sp³-hybridized carbons (Fsp3) is 0. The maximum absolute atomic E-state index is 12.1. The van der Waals surface area contributed by atoms with Gasteiger partial charge in [0.1, 0.15) is 0 Å². The average molecular weight is 228 g/mol. The number of H-pyrrole nitrogens is 1. The Balaban J connectivity index is 2.19. The van der Waals surface area contributed by atoms with Crippen molar-refractivity contribution in [3.8, 4) is 0 Å². The van der Waals surface area contributed by atoms with Crippen LogP contribution in [0.4, 0.5) is 11.6 Å². The van der Waals surface area contributed by atoms with Crippen molar-refractivity contribution < 1.29 is 9.59 Å². The second kappa shape index (κ2) is 3.18. The van der Waals surface area contributed by atoms with Crippen LogP contribution < -0.4 is 10.6 Å². The van der Waals surface area contributed by atoms with E-state index in [1.54, 1.807) is 24.4 Å². The summed E-state index contributed by atoms with van der Waals surface area (Å²) in [6.07, 6.45) is 3.02. The van der Waals surface area contributed by atoms with Crippen molar-refractivity contribution >= 4 is 23.5 Å². The minimum atomic E-state index is -0.446. The smallest absolute Gasteiger partial charge is 0.270 e. The number of nitrogens with zero attached hydrogens (tertiary/aromatic N) is 2. The van der Waals surface area contributed by atoms with E-state index < -0.39 is 11.8 Å². The number of carbonyl (C=O) groups is 2. The number of nitrogen functional groups attached to an aromatic ring is 1. The van der Waals surface area contributed by atoms with E-state index in [1.807, 2.05) is 0 Å². The monoisotopic (exact) mass is 228 g/mol. The summed E-state index contributed by atoms with van der Waals surface area (Å²) in [6, 6.07) is 4.81. The molecule has 0 radical (unpaired) electrons. The zero-order valence-electron chi connectivity index (χ0n) is 8.68. The second-order valence-electron chi connectivity index (χ2n) is 3.63. The third-order valence-corrected chi connectivity index (χ3v) is 2.64. The quantitative estimate of drug-likeness (QED) is 0.557. The van der Waals surface area contributed by atoms with Gasteiger partial charge < -0.3 is 10.7 Å². The van der Waals surface area contributed by atoms with Gasteiger partial charge in [0, 0.05) is 18.1 Å². The van der Waals surface area contributed by atoms with Gasteiger partial charge in [-0.1, -0.05) is 6.07 Å². The first-order chi connectivity index (χ1) is 8.20. The molecule has 2 heterocycles. The number of carbonyl (C=O) groups excluding carboxylic acids is 2. The number of hydrogen-bond donors (Lipinski definition) is 2. The van der Waals surface area contributed by atoms with E-state index in [0.29, 0.717) is 11.3 Å². The predicted octanol–water partition coefficient (Wildman–Crippen LogP) is 0.792. The van der Waals surface area contributed by atoms with Crippen LogP contribution in [0.5, 0.6) is 0 Å². The summed E-state index contributed by atoms with van der Waals surface area (Å²) in [4.78, 5) is 31.8. The van der Waals surface area contributed by atoms with Crippen molar-refractivity contribution in [2.24, 2.45) is 0 Å². The summed E-state index contributed by atoms with van der Waals surface area (Å²) in [6.45, 7) is 0.